The van der Waals surface area contributed by atoms with Crippen molar-refractivity contribution in [3.05, 3.63) is 65.6 Å². The third-order valence-electron chi connectivity index (χ3n) is 5.24. The zero-order chi connectivity index (χ0) is 21.9. The van der Waals surface area contributed by atoms with Gasteiger partial charge in [0.2, 0.25) is 0 Å². The molecule has 0 aromatic carbocycles. The van der Waals surface area contributed by atoms with Crippen molar-refractivity contribution in [3.63, 3.8) is 0 Å². The van der Waals surface area contributed by atoms with E-state index in [1.54, 1.807) is 12.1 Å². The van der Waals surface area contributed by atoms with Crippen molar-refractivity contribution in [1.82, 2.24) is 15.6 Å². The SMILES string of the molecule is O=C(C[S+]([O-])Cc1ccoc1)NCC(O)=CCc1cc(CC2CCCCCN2)ccn1. The minimum Gasteiger partial charge on any atom is -0.616 e. The van der Waals surface area contributed by atoms with Crippen LogP contribution in [0.25, 0.3) is 0 Å². The molecule has 7 nitrogen and oxygen atoms in total. The number of pyridine rings is 1. The lowest BCUT2D eigenvalue weighted by atomic mass is 10.0. The van der Waals surface area contributed by atoms with Gasteiger partial charge in [-0.25, -0.2) is 0 Å². The van der Waals surface area contributed by atoms with Gasteiger partial charge < -0.3 is 24.7 Å². The summed E-state index contributed by atoms with van der Waals surface area (Å²) in [5.74, 6) is -0.147. The van der Waals surface area contributed by atoms with Crippen LogP contribution in [0.2, 0.25) is 0 Å². The number of carbonyl (C=O) groups excluding carboxylic acids is 1. The zero-order valence-electron chi connectivity index (χ0n) is 17.7. The Bertz CT molecular complexity index is 833. The molecule has 0 bridgehead atoms. The molecule has 168 valence electrons. The van der Waals surface area contributed by atoms with E-state index in [2.05, 4.69) is 21.7 Å². The Kier molecular flexibility index (Phi) is 9.45. The zero-order valence-corrected chi connectivity index (χ0v) is 18.5. The van der Waals surface area contributed by atoms with Gasteiger partial charge in [-0.3, -0.25) is 9.78 Å². The van der Waals surface area contributed by atoms with Crippen LogP contribution in [0.4, 0.5) is 0 Å². The summed E-state index contributed by atoms with van der Waals surface area (Å²) in [7, 11) is 0. The van der Waals surface area contributed by atoms with E-state index in [-0.39, 0.29) is 29.7 Å². The van der Waals surface area contributed by atoms with E-state index >= 15 is 0 Å². The van der Waals surface area contributed by atoms with E-state index in [0.29, 0.717) is 12.5 Å². The van der Waals surface area contributed by atoms with Crippen LogP contribution >= 0.6 is 0 Å². The van der Waals surface area contributed by atoms with Gasteiger partial charge in [0.25, 0.3) is 5.91 Å². The first-order valence-electron chi connectivity index (χ1n) is 10.8. The number of allylic oxidation sites excluding steroid dienone is 1. The van der Waals surface area contributed by atoms with Crippen LogP contribution in [0.15, 0.2) is 53.2 Å². The molecule has 2 aromatic rings. The van der Waals surface area contributed by atoms with Crippen LogP contribution in [0, 0.1) is 0 Å². The number of aliphatic hydroxyl groups excluding tert-OH is 1. The van der Waals surface area contributed by atoms with Gasteiger partial charge in [-0.1, -0.05) is 12.8 Å². The van der Waals surface area contributed by atoms with E-state index in [1.165, 1.54) is 43.8 Å². The Balaban J connectivity index is 1.40. The van der Waals surface area contributed by atoms with Crippen LogP contribution in [0.5, 0.6) is 0 Å². The van der Waals surface area contributed by atoms with Crippen molar-refractivity contribution in [2.75, 3.05) is 18.8 Å². The Morgan fingerprint density at radius 1 is 1.35 bits per heavy atom. The van der Waals surface area contributed by atoms with E-state index < -0.39 is 11.2 Å². The molecule has 1 fully saturated rings. The molecule has 1 aliphatic heterocycles. The highest BCUT2D eigenvalue weighted by Crippen LogP contribution is 2.14. The molecule has 1 saturated heterocycles. The van der Waals surface area contributed by atoms with E-state index in [1.807, 2.05) is 12.3 Å². The molecule has 1 amide bonds. The first kappa shape index (κ1) is 23.4. The highest BCUT2D eigenvalue weighted by Gasteiger charge is 2.15. The highest BCUT2D eigenvalue weighted by molar-refractivity contribution is 7.91. The van der Waals surface area contributed by atoms with Crippen LogP contribution in [0.1, 0.15) is 42.5 Å². The number of hydrogen-bond acceptors (Lipinski definition) is 6. The maximum absolute atomic E-state index is 12.0. The minimum absolute atomic E-state index is 0.00737. The standard InChI is InChI=1S/C23H31N3O4S/c27-22(14-26-23(28)17-31(29)16-19-8-11-30-15-19)6-5-21-13-18(7-10-25-21)12-20-4-2-1-3-9-24-20/h6-8,10-11,13,15,20,24,27H,1-5,9,12,14,16-17H2,(H,26,28). The second-order valence-corrected chi connectivity index (χ2v) is 9.35. The smallest absolute Gasteiger partial charge is 0.270 e. The fourth-order valence-electron chi connectivity index (χ4n) is 3.62. The molecule has 1 aliphatic rings. The number of nitrogens with one attached hydrogen (secondary N) is 2. The first-order valence-corrected chi connectivity index (χ1v) is 12.3. The summed E-state index contributed by atoms with van der Waals surface area (Å²) in [5.41, 5.74) is 2.91. The first-order chi connectivity index (χ1) is 15.1. The average molecular weight is 446 g/mol. The van der Waals surface area contributed by atoms with E-state index in [0.717, 1.165) is 24.2 Å². The summed E-state index contributed by atoms with van der Waals surface area (Å²) in [6.07, 6.45) is 13.0. The molecule has 0 aliphatic carbocycles. The number of nitrogens with zero attached hydrogens (tertiary/aromatic N) is 1. The fraction of sp³-hybridized carbons (Fsp3) is 0.478. The Morgan fingerprint density at radius 2 is 2.26 bits per heavy atom. The molecule has 0 radical (unpaired) electrons. The van der Waals surface area contributed by atoms with Gasteiger partial charge in [-0.05, 0) is 66.8 Å². The molecule has 0 saturated carbocycles. The van der Waals surface area contributed by atoms with Gasteiger partial charge in [0.05, 0.1) is 19.1 Å². The van der Waals surface area contributed by atoms with Crippen molar-refractivity contribution >= 4 is 17.1 Å². The predicted octanol–water partition coefficient (Wildman–Crippen LogP) is 2.80. The molecule has 2 aromatic heterocycles. The molecule has 31 heavy (non-hydrogen) atoms. The molecule has 3 N–H and O–H groups in total. The van der Waals surface area contributed by atoms with Gasteiger partial charge in [0.15, 0.2) is 5.75 Å². The predicted molar refractivity (Wildman–Crippen MR) is 121 cm³/mol. The highest BCUT2D eigenvalue weighted by atomic mass is 32.2. The topological polar surface area (TPSA) is 110 Å². The van der Waals surface area contributed by atoms with Crippen molar-refractivity contribution in [3.8, 4) is 0 Å². The van der Waals surface area contributed by atoms with Gasteiger partial charge in [-0.15, -0.1) is 0 Å². The maximum atomic E-state index is 12.0. The number of amides is 1. The lowest BCUT2D eigenvalue weighted by Gasteiger charge is -2.16. The number of furan rings is 1. The number of carbonyl (C=O) groups is 1. The third-order valence-corrected chi connectivity index (χ3v) is 6.48. The van der Waals surface area contributed by atoms with Crippen LogP contribution in [-0.4, -0.2) is 45.4 Å². The van der Waals surface area contributed by atoms with Crippen LogP contribution in [-0.2, 0) is 34.6 Å². The molecular weight excluding hydrogens is 414 g/mol. The summed E-state index contributed by atoms with van der Waals surface area (Å²) in [6, 6.07) is 6.36. The Morgan fingerprint density at radius 3 is 3.10 bits per heavy atom. The van der Waals surface area contributed by atoms with Crippen LogP contribution < -0.4 is 10.6 Å². The van der Waals surface area contributed by atoms with Gasteiger partial charge >= 0.3 is 0 Å². The average Bonchev–Trinajstić information content (AvgIpc) is 3.12. The second-order valence-electron chi connectivity index (χ2n) is 7.90. The molecule has 2 unspecified atom stereocenters. The Hall–Kier alpha value is -2.29. The summed E-state index contributed by atoms with van der Waals surface area (Å²) in [6.45, 7) is 1.09. The van der Waals surface area contributed by atoms with Crippen molar-refractivity contribution in [2.24, 2.45) is 0 Å². The lowest BCUT2D eigenvalue weighted by molar-refractivity contribution is -0.118. The molecule has 3 heterocycles. The fourth-order valence-corrected chi connectivity index (χ4v) is 4.65. The Labute approximate surface area is 186 Å². The second kappa shape index (κ2) is 12.5. The summed E-state index contributed by atoms with van der Waals surface area (Å²) in [5, 5.41) is 16.3. The minimum atomic E-state index is -1.32. The number of rotatable bonds is 10. The maximum Gasteiger partial charge on any atom is 0.270 e. The molecule has 3 rings (SSSR count). The normalized spacial score (nSPS) is 18.4. The van der Waals surface area contributed by atoms with E-state index in [4.69, 9.17) is 4.42 Å². The number of hydrogen-bond donors (Lipinski definition) is 3. The van der Waals surface area contributed by atoms with Gasteiger partial charge in [0, 0.05) is 29.9 Å². The van der Waals surface area contributed by atoms with Crippen molar-refractivity contribution < 1.29 is 18.9 Å². The third kappa shape index (κ3) is 8.77. The molecular formula is C23H31N3O4S. The molecule has 0 spiro atoms. The van der Waals surface area contributed by atoms with E-state index in [9.17, 15) is 14.5 Å². The van der Waals surface area contributed by atoms with Gasteiger partial charge in [-0.2, -0.15) is 0 Å². The number of aromatic nitrogens is 1. The summed E-state index contributed by atoms with van der Waals surface area (Å²) < 4.78 is 16.9. The largest absolute Gasteiger partial charge is 0.616 e. The molecule has 2 atom stereocenters. The monoisotopic (exact) mass is 445 g/mol. The van der Waals surface area contributed by atoms with Crippen molar-refractivity contribution in [1.29, 1.82) is 0 Å². The van der Waals surface area contributed by atoms with Crippen molar-refractivity contribution in [2.45, 2.75) is 50.3 Å². The quantitative estimate of drug-likeness (QED) is 0.383. The summed E-state index contributed by atoms with van der Waals surface area (Å²) in [4.78, 5) is 16.3. The van der Waals surface area contributed by atoms with Gasteiger partial charge in [0.1, 0.15) is 11.5 Å². The van der Waals surface area contributed by atoms with Crippen LogP contribution in [0.3, 0.4) is 0 Å². The number of aliphatic hydroxyl groups is 1. The summed E-state index contributed by atoms with van der Waals surface area (Å²) >= 11 is -1.32. The lowest BCUT2D eigenvalue weighted by Crippen LogP contribution is -2.32. The molecule has 8 heteroatoms.